The molecule has 4 nitrogen and oxygen atoms in total. The minimum Gasteiger partial charge on any atom is -0.489 e. The second kappa shape index (κ2) is 8.77. The van der Waals surface area contributed by atoms with Crippen molar-refractivity contribution in [1.29, 1.82) is 0 Å². The first-order valence-electron chi connectivity index (χ1n) is 7.00. The first-order chi connectivity index (χ1) is 9.13. The molecule has 0 aliphatic carbocycles. The molecule has 1 aromatic carbocycles. The first kappa shape index (κ1) is 15.8. The van der Waals surface area contributed by atoms with Gasteiger partial charge in [-0.05, 0) is 63.9 Å². The maximum Gasteiger partial charge on any atom is 0.142 e. The second-order valence-corrected chi connectivity index (χ2v) is 4.97. The Bertz CT molecular complexity index is 367. The lowest BCUT2D eigenvalue weighted by atomic mass is 10.1. The van der Waals surface area contributed by atoms with Gasteiger partial charge in [0.25, 0.3) is 0 Å². The van der Waals surface area contributed by atoms with Crippen LogP contribution in [0.3, 0.4) is 0 Å². The average molecular weight is 266 g/mol. The van der Waals surface area contributed by atoms with Crippen LogP contribution >= 0.6 is 0 Å². The molecule has 0 radical (unpaired) electrons. The summed E-state index contributed by atoms with van der Waals surface area (Å²) in [6.07, 6.45) is 3.02. The van der Waals surface area contributed by atoms with Crippen molar-refractivity contribution in [3.63, 3.8) is 0 Å². The normalized spacial score (nSPS) is 10.9. The number of ether oxygens (including phenoxy) is 1. The number of aliphatic hydroxyl groups is 1. The van der Waals surface area contributed by atoms with Crippen LogP contribution in [-0.2, 0) is 6.42 Å². The van der Waals surface area contributed by atoms with Crippen LogP contribution in [0.4, 0.5) is 5.69 Å². The molecule has 108 valence electrons. The van der Waals surface area contributed by atoms with E-state index in [1.54, 1.807) is 0 Å². The molecule has 0 aliphatic heterocycles. The van der Waals surface area contributed by atoms with E-state index in [0.717, 1.165) is 38.1 Å². The maximum absolute atomic E-state index is 8.65. The van der Waals surface area contributed by atoms with Crippen LogP contribution in [0.25, 0.3) is 0 Å². The van der Waals surface area contributed by atoms with E-state index in [1.165, 1.54) is 5.56 Å². The number of hydrogen-bond acceptors (Lipinski definition) is 4. The zero-order valence-corrected chi connectivity index (χ0v) is 12.0. The molecular formula is C15H26N2O2. The standard InChI is InChI=1S/C15H26N2O2/c1-12(2)19-15-7-6-13(11-14(15)16)5-3-8-17-9-4-10-18/h6-7,11-12,17-18H,3-5,8-10,16H2,1-2H3. The minimum atomic E-state index is 0.142. The molecular weight excluding hydrogens is 240 g/mol. The topological polar surface area (TPSA) is 67.5 Å². The predicted octanol–water partition coefficient (Wildman–Crippen LogP) is 1.96. The lowest BCUT2D eigenvalue weighted by Crippen LogP contribution is -2.18. The van der Waals surface area contributed by atoms with E-state index < -0.39 is 0 Å². The van der Waals surface area contributed by atoms with Crippen molar-refractivity contribution in [2.24, 2.45) is 0 Å². The van der Waals surface area contributed by atoms with Gasteiger partial charge in [0.1, 0.15) is 5.75 Å². The van der Waals surface area contributed by atoms with Gasteiger partial charge in [0.15, 0.2) is 0 Å². The van der Waals surface area contributed by atoms with E-state index >= 15 is 0 Å². The van der Waals surface area contributed by atoms with Gasteiger partial charge in [0, 0.05) is 6.61 Å². The van der Waals surface area contributed by atoms with Gasteiger partial charge in [0.05, 0.1) is 11.8 Å². The summed E-state index contributed by atoms with van der Waals surface area (Å²) in [7, 11) is 0. The summed E-state index contributed by atoms with van der Waals surface area (Å²) < 4.78 is 5.61. The summed E-state index contributed by atoms with van der Waals surface area (Å²) >= 11 is 0. The molecule has 0 spiro atoms. The fourth-order valence-electron chi connectivity index (χ4n) is 1.86. The summed E-state index contributed by atoms with van der Waals surface area (Å²) in [6, 6.07) is 6.01. The Morgan fingerprint density at radius 3 is 2.63 bits per heavy atom. The molecule has 1 rings (SSSR count). The van der Waals surface area contributed by atoms with Crippen LogP contribution in [0.15, 0.2) is 18.2 Å². The third kappa shape index (κ3) is 6.45. The van der Waals surface area contributed by atoms with Crippen molar-refractivity contribution in [3.05, 3.63) is 23.8 Å². The van der Waals surface area contributed by atoms with Crippen molar-refractivity contribution >= 4 is 5.69 Å². The molecule has 0 saturated heterocycles. The van der Waals surface area contributed by atoms with Gasteiger partial charge >= 0.3 is 0 Å². The first-order valence-corrected chi connectivity index (χ1v) is 7.00. The molecule has 0 atom stereocenters. The number of hydrogen-bond donors (Lipinski definition) is 3. The van der Waals surface area contributed by atoms with Crippen LogP contribution in [-0.4, -0.2) is 30.9 Å². The Hall–Kier alpha value is -1.26. The monoisotopic (exact) mass is 266 g/mol. The van der Waals surface area contributed by atoms with E-state index in [0.29, 0.717) is 5.69 Å². The van der Waals surface area contributed by atoms with Gasteiger partial charge in [-0.2, -0.15) is 0 Å². The maximum atomic E-state index is 8.65. The number of nitrogens with one attached hydrogen (secondary N) is 1. The Balaban J connectivity index is 2.33. The Kier molecular flexibility index (Phi) is 7.30. The molecule has 19 heavy (non-hydrogen) atoms. The number of benzene rings is 1. The number of nitrogen functional groups attached to an aromatic ring is 1. The zero-order chi connectivity index (χ0) is 14.1. The van der Waals surface area contributed by atoms with Crippen molar-refractivity contribution in [2.75, 3.05) is 25.4 Å². The molecule has 4 heteroatoms. The van der Waals surface area contributed by atoms with Crippen LogP contribution in [0.2, 0.25) is 0 Å². The van der Waals surface area contributed by atoms with E-state index in [2.05, 4.69) is 11.4 Å². The molecule has 0 fully saturated rings. The van der Waals surface area contributed by atoms with Crippen LogP contribution in [0.5, 0.6) is 5.75 Å². The highest BCUT2D eigenvalue weighted by atomic mass is 16.5. The van der Waals surface area contributed by atoms with Crippen molar-refractivity contribution < 1.29 is 9.84 Å². The molecule has 0 saturated carbocycles. The van der Waals surface area contributed by atoms with Crippen LogP contribution < -0.4 is 15.8 Å². The van der Waals surface area contributed by atoms with Crippen LogP contribution in [0, 0.1) is 0 Å². The molecule has 4 N–H and O–H groups in total. The largest absolute Gasteiger partial charge is 0.489 e. The number of nitrogens with two attached hydrogens (primary N) is 1. The van der Waals surface area contributed by atoms with Gasteiger partial charge in [-0.15, -0.1) is 0 Å². The summed E-state index contributed by atoms with van der Waals surface area (Å²) in [6.45, 7) is 6.07. The highest BCUT2D eigenvalue weighted by molar-refractivity contribution is 5.54. The Morgan fingerprint density at radius 2 is 2.00 bits per heavy atom. The fraction of sp³-hybridized carbons (Fsp3) is 0.600. The molecule has 0 unspecified atom stereocenters. The molecule has 0 bridgehead atoms. The van der Waals surface area contributed by atoms with E-state index in [-0.39, 0.29) is 12.7 Å². The van der Waals surface area contributed by atoms with E-state index in [1.807, 2.05) is 26.0 Å². The third-order valence-electron chi connectivity index (χ3n) is 2.77. The highest BCUT2D eigenvalue weighted by Gasteiger charge is 2.04. The Morgan fingerprint density at radius 1 is 1.26 bits per heavy atom. The quantitative estimate of drug-likeness (QED) is 0.472. The van der Waals surface area contributed by atoms with Gasteiger partial charge < -0.3 is 20.9 Å². The highest BCUT2D eigenvalue weighted by Crippen LogP contribution is 2.24. The van der Waals surface area contributed by atoms with Gasteiger partial charge in [0.2, 0.25) is 0 Å². The predicted molar refractivity (Wildman–Crippen MR) is 79.5 cm³/mol. The minimum absolute atomic E-state index is 0.142. The molecule has 0 aromatic heterocycles. The number of aryl methyl sites for hydroxylation is 1. The molecule has 1 aromatic rings. The lowest BCUT2D eigenvalue weighted by molar-refractivity contribution is 0.244. The SMILES string of the molecule is CC(C)Oc1ccc(CCCNCCCO)cc1N. The number of anilines is 1. The molecule has 0 amide bonds. The fourth-order valence-corrected chi connectivity index (χ4v) is 1.86. The lowest BCUT2D eigenvalue weighted by Gasteiger charge is -2.13. The summed E-state index contributed by atoms with van der Waals surface area (Å²) in [5, 5.41) is 11.9. The summed E-state index contributed by atoms with van der Waals surface area (Å²) in [5.41, 5.74) is 7.91. The zero-order valence-electron chi connectivity index (χ0n) is 12.0. The molecule has 0 aliphatic rings. The van der Waals surface area contributed by atoms with Crippen molar-refractivity contribution in [3.8, 4) is 5.75 Å². The smallest absolute Gasteiger partial charge is 0.142 e. The van der Waals surface area contributed by atoms with Crippen molar-refractivity contribution in [1.82, 2.24) is 5.32 Å². The number of rotatable bonds is 9. The van der Waals surface area contributed by atoms with E-state index in [9.17, 15) is 0 Å². The average Bonchev–Trinajstić information content (AvgIpc) is 2.36. The second-order valence-electron chi connectivity index (χ2n) is 4.97. The van der Waals surface area contributed by atoms with Gasteiger partial charge in [-0.1, -0.05) is 6.07 Å². The molecule has 0 heterocycles. The number of aliphatic hydroxyl groups excluding tert-OH is 1. The van der Waals surface area contributed by atoms with Gasteiger partial charge in [-0.25, -0.2) is 0 Å². The Labute approximate surface area is 116 Å². The summed E-state index contributed by atoms with van der Waals surface area (Å²) in [5.74, 6) is 0.764. The van der Waals surface area contributed by atoms with Gasteiger partial charge in [-0.3, -0.25) is 0 Å². The van der Waals surface area contributed by atoms with Crippen LogP contribution in [0.1, 0.15) is 32.3 Å². The summed E-state index contributed by atoms with van der Waals surface area (Å²) in [4.78, 5) is 0. The van der Waals surface area contributed by atoms with E-state index in [4.69, 9.17) is 15.6 Å². The van der Waals surface area contributed by atoms with Crippen molar-refractivity contribution in [2.45, 2.75) is 39.2 Å². The third-order valence-corrected chi connectivity index (χ3v) is 2.77.